The zero-order valence-electron chi connectivity index (χ0n) is 16.2. The number of rotatable bonds is 3. The van der Waals surface area contributed by atoms with Crippen LogP contribution in [0.3, 0.4) is 0 Å². The van der Waals surface area contributed by atoms with E-state index in [2.05, 4.69) is 10.2 Å². The molecule has 3 aromatic rings. The lowest BCUT2D eigenvalue weighted by Gasteiger charge is -2.31. The van der Waals surface area contributed by atoms with Crippen LogP contribution < -0.4 is 5.76 Å². The highest BCUT2D eigenvalue weighted by molar-refractivity contribution is 7.97. The third kappa shape index (κ3) is 3.72. The normalized spacial score (nSPS) is 14.6. The van der Waals surface area contributed by atoms with Crippen molar-refractivity contribution >= 4 is 34.8 Å². The molecule has 0 fully saturated rings. The molecule has 1 N–H and O–H groups in total. The number of nitrogens with one attached hydrogen (secondary N) is 1. The van der Waals surface area contributed by atoms with Crippen LogP contribution in [0.15, 0.2) is 44.4 Å². The van der Waals surface area contributed by atoms with E-state index >= 15 is 0 Å². The molecule has 150 valence electrons. The fourth-order valence-corrected chi connectivity index (χ4v) is 4.94. The molecule has 0 saturated heterocycles. The van der Waals surface area contributed by atoms with Crippen LogP contribution in [0.5, 0.6) is 0 Å². The van der Waals surface area contributed by atoms with Crippen molar-refractivity contribution in [1.29, 1.82) is 0 Å². The van der Waals surface area contributed by atoms with Gasteiger partial charge < -0.3 is 8.72 Å². The third-order valence-corrected chi connectivity index (χ3v) is 6.52. The van der Waals surface area contributed by atoms with E-state index in [1.54, 1.807) is 6.07 Å². The Hall–Kier alpha value is -2.51. The summed E-state index contributed by atoms with van der Waals surface area (Å²) in [5.74, 6) is -0.852. The van der Waals surface area contributed by atoms with E-state index in [4.69, 9.17) is 16.0 Å². The van der Waals surface area contributed by atoms with E-state index in [9.17, 15) is 9.18 Å². The molecule has 0 radical (unpaired) electrons. The highest BCUT2D eigenvalue weighted by Crippen LogP contribution is 2.41. The van der Waals surface area contributed by atoms with Gasteiger partial charge in [-0.2, -0.15) is 0 Å². The average molecular weight is 432 g/mol. The molecule has 0 amide bonds. The van der Waals surface area contributed by atoms with E-state index in [1.807, 2.05) is 43.3 Å². The van der Waals surface area contributed by atoms with Gasteiger partial charge in [0, 0.05) is 22.0 Å². The smallest absolute Gasteiger partial charge is 0.386 e. The van der Waals surface area contributed by atoms with Gasteiger partial charge in [-0.15, -0.1) is 5.10 Å². The molecule has 4 rings (SSSR count). The van der Waals surface area contributed by atoms with Crippen LogP contribution in [0, 0.1) is 19.7 Å². The summed E-state index contributed by atoms with van der Waals surface area (Å²) in [7, 11) is 0. The van der Waals surface area contributed by atoms with Crippen molar-refractivity contribution in [3.05, 3.63) is 79.9 Å². The SMILES string of the molecule is C/C(=C(/c1n[nH]c(=O)o1)N1CCc2ccc(Cl)cc2S1)c1c(F)ccc(C)c1C. The molecule has 1 aliphatic heterocycles. The van der Waals surface area contributed by atoms with E-state index < -0.39 is 5.76 Å². The van der Waals surface area contributed by atoms with Crippen molar-refractivity contribution in [3.63, 3.8) is 0 Å². The standard InChI is InChI=1S/C21H19ClFN3O2S/c1-11-4-7-16(23)18(12(11)2)13(3)19(20-24-25-21(27)28-20)26-9-8-14-5-6-15(22)10-17(14)29-26/h4-7,10H,8-9H2,1-3H3,(H,25,27)/b19-13+. The van der Waals surface area contributed by atoms with Crippen LogP contribution in [0.2, 0.25) is 5.02 Å². The molecular formula is C21H19ClFN3O2S. The summed E-state index contributed by atoms with van der Waals surface area (Å²) in [6.07, 6.45) is 0.778. The molecule has 2 heterocycles. The maximum absolute atomic E-state index is 14.8. The molecule has 1 aliphatic rings. The Balaban J connectivity index is 1.89. The lowest BCUT2D eigenvalue weighted by atomic mass is 9.95. The molecule has 0 bridgehead atoms. The Kier molecular flexibility index (Phi) is 5.27. The van der Waals surface area contributed by atoms with Crippen LogP contribution in [0.1, 0.15) is 35.1 Å². The molecule has 0 unspecified atom stereocenters. The number of hydrogen-bond acceptors (Lipinski definition) is 5. The number of fused-ring (bicyclic) bond motifs is 1. The third-order valence-electron chi connectivity index (χ3n) is 5.13. The number of hydrogen-bond donors (Lipinski definition) is 1. The van der Waals surface area contributed by atoms with Gasteiger partial charge in [-0.05, 0) is 79.6 Å². The molecular weight excluding hydrogens is 413 g/mol. The van der Waals surface area contributed by atoms with E-state index in [0.29, 0.717) is 28.4 Å². The fraction of sp³-hybridized carbons (Fsp3) is 0.238. The van der Waals surface area contributed by atoms with Gasteiger partial charge in [0.25, 0.3) is 5.89 Å². The van der Waals surface area contributed by atoms with E-state index in [1.165, 1.54) is 23.6 Å². The van der Waals surface area contributed by atoms with Crippen LogP contribution in [0.4, 0.5) is 4.39 Å². The van der Waals surface area contributed by atoms with Crippen molar-refractivity contribution in [2.24, 2.45) is 0 Å². The van der Waals surface area contributed by atoms with Gasteiger partial charge in [0.05, 0.1) is 0 Å². The summed E-state index contributed by atoms with van der Waals surface area (Å²) >= 11 is 7.65. The van der Waals surface area contributed by atoms with Gasteiger partial charge in [0.15, 0.2) is 0 Å². The first-order valence-corrected chi connectivity index (χ1v) is 10.3. The molecule has 29 heavy (non-hydrogen) atoms. The first-order valence-electron chi connectivity index (χ1n) is 9.12. The first-order chi connectivity index (χ1) is 13.8. The molecule has 2 aromatic carbocycles. The van der Waals surface area contributed by atoms with Crippen LogP contribution in [-0.4, -0.2) is 21.0 Å². The summed E-state index contributed by atoms with van der Waals surface area (Å²) in [5, 5.41) is 6.98. The van der Waals surface area contributed by atoms with Gasteiger partial charge in [-0.1, -0.05) is 23.7 Å². The minimum absolute atomic E-state index is 0.130. The maximum Gasteiger partial charge on any atom is 0.434 e. The zero-order chi connectivity index (χ0) is 20.7. The van der Waals surface area contributed by atoms with Crippen molar-refractivity contribution < 1.29 is 8.81 Å². The summed E-state index contributed by atoms with van der Waals surface area (Å²) in [5.41, 5.74) is 4.70. The number of benzene rings is 2. The van der Waals surface area contributed by atoms with Gasteiger partial charge in [0.2, 0.25) is 0 Å². The largest absolute Gasteiger partial charge is 0.434 e. The fourth-order valence-electron chi connectivity index (χ4n) is 3.51. The van der Waals surface area contributed by atoms with E-state index in [0.717, 1.165) is 22.4 Å². The Morgan fingerprint density at radius 3 is 2.83 bits per heavy atom. The number of aryl methyl sites for hydroxylation is 1. The number of allylic oxidation sites excluding steroid dienone is 1. The second-order valence-electron chi connectivity index (χ2n) is 6.95. The highest BCUT2D eigenvalue weighted by Gasteiger charge is 2.27. The molecule has 0 spiro atoms. The van der Waals surface area contributed by atoms with E-state index in [-0.39, 0.29) is 11.7 Å². The van der Waals surface area contributed by atoms with Crippen molar-refractivity contribution in [2.75, 3.05) is 6.54 Å². The van der Waals surface area contributed by atoms with Crippen LogP contribution in [-0.2, 0) is 6.42 Å². The summed E-state index contributed by atoms with van der Waals surface area (Å²) in [6, 6.07) is 9.00. The topological polar surface area (TPSA) is 62.1 Å². The maximum atomic E-state index is 14.8. The lowest BCUT2D eigenvalue weighted by Crippen LogP contribution is -2.23. The summed E-state index contributed by atoms with van der Waals surface area (Å²) < 4.78 is 22.1. The Morgan fingerprint density at radius 1 is 1.31 bits per heavy atom. The summed E-state index contributed by atoms with van der Waals surface area (Å²) in [4.78, 5) is 12.7. The average Bonchev–Trinajstić information content (AvgIpc) is 3.10. The van der Waals surface area contributed by atoms with Crippen LogP contribution in [0.25, 0.3) is 11.3 Å². The number of aromatic nitrogens is 2. The molecule has 8 heteroatoms. The highest BCUT2D eigenvalue weighted by atomic mass is 35.5. The lowest BCUT2D eigenvalue weighted by molar-refractivity contribution is 0.481. The molecule has 5 nitrogen and oxygen atoms in total. The predicted molar refractivity (Wildman–Crippen MR) is 113 cm³/mol. The number of aromatic amines is 1. The number of H-pyrrole nitrogens is 1. The molecule has 0 aliphatic carbocycles. The van der Waals surface area contributed by atoms with Gasteiger partial charge >= 0.3 is 5.76 Å². The van der Waals surface area contributed by atoms with Crippen molar-refractivity contribution in [1.82, 2.24) is 14.5 Å². The minimum Gasteiger partial charge on any atom is -0.386 e. The van der Waals surface area contributed by atoms with Gasteiger partial charge in [0.1, 0.15) is 11.5 Å². The number of halogens is 2. The predicted octanol–water partition coefficient (Wildman–Crippen LogP) is 5.23. The molecule has 0 atom stereocenters. The monoisotopic (exact) mass is 431 g/mol. The number of nitrogens with zero attached hydrogens (tertiary/aromatic N) is 2. The Morgan fingerprint density at radius 2 is 2.10 bits per heavy atom. The van der Waals surface area contributed by atoms with Crippen molar-refractivity contribution in [2.45, 2.75) is 32.1 Å². The molecule has 1 aromatic heterocycles. The Bertz CT molecular complexity index is 1180. The Labute approximate surface area is 176 Å². The van der Waals surface area contributed by atoms with Gasteiger partial charge in [-0.3, -0.25) is 0 Å². The second-order valence-corrected chi connectivity index (χ2v) is 8.45. The zero-order valence-corrected chi connectivity index (χ0v) is 17.7. The second kappa shape index (κ2) is 7.72. The minimum atomic E-state index is -0.655. The van der Waals surface area contributed by atoms with Crippen molar-refractivity contribution in [3.8, 4) is 0 Å². The first kappa shape index (κ1) is 19.8. The molecule has 0 saturated carbocycles. The summed E-state index contributed by atoms with van der Waals surface area (Å²) in [6.45, 7) is 6.29. The quantitative estimate of drug-likeness (QED) is 0.575. The van der Waals surface area contributed by atoms with Gasteiger partial charge in [-0.25, -0.2) is 14.3 Å². The van der Waals surface area contributed by atoms with Crippen LogP contribution >= 0.6 is 23.5 Å².